The van der Waals surface area contributed by atoms with Crippen molar-refractivity contribution >= 4 is 43.5 Å². The molecule has 132 valence electrons. The Morgan fingerprint density at radius 2 is 2.00 bits per heavy atom. The summed E-state index contributed by atoms with van der Waals surface area (Å²) in [4.78, 5) is 4.38. The van der Waals surface area contributed by atoms with Gasteiger partial charge in [-0.05, 0) is 31.4 Å². The van der Waals surface area contributed by atoms with E-state index in [-0.39, 0.29) is 4.34 Å². The number of rotatable bonds is 7. The smallest absolute Gasteiger partial charge is 0.224 e. The summed E-state index contributed by atoms with van der Waals surface area (Å²) in [5.74, 6) is 0. The van der Waals surface area contributed by atoms with Crippen LogP contribution in [-0.2, 0) is 10.0 Å². The molecular formula is C17H24N2O2S3. The summed E-state index contributed by atoms with van der Waals surface area (Å²) in [7, 11) is -3.53. The number of fused-ring (bicyclic) bond motifs is 1. The lowest BCUT2D eigenvalue weighted by Crippen LogP contribution is -2.29. The van der Waals surface area contributed by atoms with Crippen LogP contribution in [0.1, 0.15) is 51.9 Å². The van der Waals surface area contributed by atoms with Gasteiger partial charge in [-0.1, -0.05) is 56.7 Å². The van der Waals surface area contributed by atoms with Crippen LogP contribution >= 0.6 is 23.3 Å². The molecule has 0 atom stereocenters. The van der Waals surface area contributed by atoms with Crippen LogP contribution in [0.3, 0.4) is 0 Å². The summed E-state index contributed by atoms with van der Waals surface area (Å²) in [6.45, 7) is 2.66. The van der Waals surface area contributed by atoms with Crippen LogP contribution in [0.5, 0.6) is 0 Å². The molecule has 0 spiro atoms. The molecule has 0 unspecified atom stereocenters. The van der Waals surface area contributed by atoms with Gasteiger partial charge in [0.1, 0.15) is 0 Å². The second-order valence-corrected chi connectivity index (χ2v) is 10.8. The number of nitrogens with zero attached hydrogens (tertiary/aromatic N) is 2. The number of thiazole rings is 1. The normalized spacial score (nSPS) is 16.9. The van der Waals surface area contributed by atoms with Crippen LogP contribution in [0.25, 0.3) is 10.2 Å². The summed E-state index contributed by atoms with van der Waals surface area (Å²) in [6.07, 6.45) is 7.78. The number of unbranched alkanes of at least 4 members (excludes halogenated alkanes) is 1. The minimum atomic E-state index is -3.53. The zero-order chi connectivity index (χ0) is 17.0. The van der Waals surface area contributed by atoms with E-state index in [1.807, 2.05) is 24.3 Å². The van der Waals surface area contributed by atoms with Crippen LogP contribution in [0, 0.1) is 0 Å². The van der Waals surface area contributed by atoms with Gasteiger partial charge in [-0.3, -0.25) is 0 Å². The van der Waals surface area contributed by atoms with Gasteiger partial charge in [0.25, 0.3) is 10.0 Å². The number of hydrogen-bond donors (Lipinski definition) is 0. The first-order valence-electron chi connectivity index (χ1n) is 8.66. The van der Waals surface area contributed by atoms with Crippen molar-refractivity contribution in [2.75, 3.05) is 6.54 Å². The number of aromatic nitrogens is 1. The third-order valence-electron chi connectivity index (χ3n) is 4.28. The third-order valence-corrected chi connectivity index (χ3v) is 9.27. The van der Waals surface area contributed by atoms with Crippen LogP contribution < -0.4 is 0 Å². The zero-order valence-corrected chi connectivity index (χ0v) is 16.4. The summed E-state index contributed by atoms with van der Waals surface area (Å²) in [5, 5.41) is 0.416. The molecule has 0 amide bonds. The summed E-state index contributed by atoms with van der Waals surface area (Å²) in [6, 6.07) is 7.61. The average Bonchev–Trinajstić information content (AvgIpc) is 3.04. The van der Waals surface area contributed by atoms with E-state index in [0.29, 0.717) is 11.8 Å². The van der Waals surface area contributed by atoms with Crippen molar-refractivity contribution in [3.05, 3.63) is 24.3 Å². The monoisotopic (exact) mass is 384 g/mol. The van der Waals surface area contributed by atoms with Gasteiger partial charge in [0.2, 0.25) is 4.34 Å². The Morgan fingerprint density at radius 3 is 2.71 bits per heavy atom. The third kappa shape index (κ3) is 4.12. The largest absolute Gasteiger partial charge is 0.279 e. The molecular weight excluding hydrogens is 360 g/mol. The van der Waals surface area contributed by atoms with E-state index in [9.17, 15) is 8.42 Å². The molecule has 0 bridgehead atoms. The predicted molar refractivity (Wildman–Crippen MR) is 103 cm³/mol. The topological polar surface area (TPSA) is 50.3 Å². The second-order valence-electron chi connectivity index (χ2n) is 6.20. The van der Waals surface area contributed by atoms with Gasteiger partial charge < -0.3 is 0 Å². The van der Waals surface area contributed by atoms with Gasteiger partial charge in [-0.2, -0.15) is 0 Å². The minimum absolute atomic E-state index is 0.225. The van der Waals surface area contributed by atoms with E-state index < -0.39 is 10.0 Å². The molecule has 4 nitrogen and oxygen atoms in total. The Bertz CT molecular complexity index is 734. The zero-order valence-electron chi connectivity index (χ0n) is 14.0. The first-order valence-corrected chi connectivity index (χ1v) is 11.8. The van der Waals surface area contributed by atoms with Crippen LogP contribution in [0.15, 0.2) is 28.6 Å². The number of para-hydroxylation sites is 1. The highest BCUT2D eigenvalue weighted by atomic mass is 32.3. The molecule has 1 saturated carbocycles. The van der Waals surface area contributed by atoms with Crippen molar-refractivity contribution in [2.24, 2.45) is 0 Å². The quantitative estimate of drug-likeness (QED) is 0.626. The minimum Gasteiger partial charge on any atom is -0.224 e. The maximum Gasteiger partial charge on any atom is 0.279 e. The van der Waals surface area contributed by atoms with Gasteiger partial charge in [0.05, 0.1) is 10.2 Å². The fourth-order valence-electron chi connectivity index (χ4n) is 2.90. The van der Waals surface area contributed by atoms with E-state index in [0.717, 1.165) is 35.9 Å². The summed E-state index contributed by atoms with van der Waals surface area (Å²) in [5.41, 5.74) is 0.763. The Kier molecular flexibility index (Phi) is 6.18. The molecule has 1 aromatic heterocycles. The number of benzene rings is 1. The highest BCUT2D eigenvalue weighted by Gasteiger charge is 2.31. The maximum absolute atomic E-state index is 13.1. The SMILES string of the molecule is CCCCN(SC1CCCCC1)S(=O)(=O)c1nc2ccccc2s1. The maximum atomic E-state index is 13.1. The molecule has 24 heavy (non-hydrogen) atoms. The fraction of sp³-hybridized carbons (Fsp3) is 0.588. The molecule has 0 saturated heterocycles. The lowest BCUT2D eigenvalue weighted by molar-refractivity contribution is 0.499. The van der Waals surface area contributed by atoms with Crippen LogP contribution in [0.4, 0.5) is 0 Å². The molecule has 0 radical (unpaired) electrons. The Hall–Kier alpha value is -0.630. The standard InChI is InChI=1S/C17H24N2O2S3/c1-2-3-13-19(23-14-9-5-4-6-10-14)24(20,21)17-18-15-11-7-8-12-16(15)22-17/h7-8,11-12,14H,2-6,9-10,13H2,1H3. The van der Waals surface area contributed by atoms with Crippen molar-refractivity contribution in [3.8, 4) is 0 Å². The number of hydrogen-bond acceptors (Lipinski definition) is 5. The summed E-state index contributed by atoms with van der Waals surface area (Å²) < 4.78 is 29.0. The molecule has 1 aliphatic rings. The molecule has 0 N–H and O–H groups in total. The lowest BCUT2D eigenvalue weighted by atomic mass is 10.0. The highest BCUT2D eigenvalue weighted by molar-refractivity contribution is 8.09. The van der Waals surface area contributed by atoms with Crippen molar-refractivity contribution in [1.29, 1.82) is 0 Å². The van der Waals surface area contributed by atoms with E-state index in [1.54, 1.807) is 3.71 Å². The van der Waals surface area contributed by atoms with Crippen LogP contribution in [-0.4, -0.2) is 28.9 Å². The Morgan fingerprint density at radius 1 is 1.25 bits per heavy atom. The molecule has 1 fully saturated rings. The second kappa shape index (κ2) is 8.17. The van der Waals surface area contributed by atoms with Crippen LogP contribution in [0.2, 0.25) is 0 Å². The predicted octanol–water partition coefficient (Wildman–Crippen LogP) is 5.07. The van der Waals surface area contributed by atoms with E-state index >= 15 is 0 Å². The van der Waals surface area contributed by atoms with Crippen molar-refractivity contribution < 1.29 is 8.42 Å². The van der Waals surface area contributed by atoms with Gasteiger partial charge >= 0.3 is 0 Å². The van der Waals surface area contributed by atoms with E-state index in [2.05, 4.69) is 11.9 Å². The van der Waals surface area contributed by atoms with Gasteiger partial charge in [-0.25, -0.2) is 13.4 Å². The molecule has 1 aliphatic carbocycles. The fourth-order valence-corrected chi connectivity index (χ4v) is 7.60. The van der Waals surface area contributed by atoms with Crippen molar-refractivity contribution in [3.63, 3.8) is 0 Å². The van der Waals surface area contributed by atoms with Gasteiger partial charge in [-0.15, -0.1) is 15.0 Å². The van der Waals surface area contributed by atoms with Crippen molar-refractivity contribution in [2.45, 2.75) is 61.5 Å². The molecule has 2 aromatic rings. The average molecular weight is 385 g/mol. The summed E-state index contributed by atoms with van der Waals surface area (Å²) >= 11 is 2.80. The first-order chi connectivity index (χ1) is 11.6. The van der Waals surface area contributed by atoms with Crippen molar-refractivity contribution in [1.82, 2.24) is 8.69 Å². The number of sulfonamides is 1. The first kappa shape index (κ1) is 18.2. The lowest BCUT2D eigenvalue weighted by Gasteiger charge is -2.27. The van der Waals surface area contributed by atoms with E-state index in [1.165, 1.54) is 42.5 Å². The van der Waals surface area contributed by atoms with E-state index in [4.69, 9.17) is 0 Å². The Labute approximate surface area is 152 Å². The molecule has 3 rings (SSSR count). The van der Waals surface area contributed by atoms with Gasteiger partial charge in [0, 0.05) is 11.8 Å². The molecule has 1 heterocycles. The Balaban J connectivity index is 1.85. The highest BCUT2D eigenvalue weighted by Crippen LogP contribution is 2.36. The molecule has 7 heteroatoms. The molecule has 0 aliphatic heterocycles. The van der Waals surface area contributed by atoms with Gasteiger partial charge in [0.15, 0.2) is 0 Å². The molecule has 1 aromatic carbocycles.